The maximum atomic E-state index is 5.34. The zero-order valence-electron chi connectivity index (χ0n) is 17.1. The van der Waals surface area contributed by atoms with E-state index in [-0.39, 0.29) is 0 Å². The number of para-hydroxylation sites is 2. The molecule has 0 bridgehead atoms. The first-order chi connectivity index (χ1) is 14.3. The molecule has 5 rings (SSSR count). The van der Waals surface area contributed by atoms with Crippen molar-refractivity contribution < 1.29 is 4.74 Å². The minimum Gasteiger partial charge on any atom is -0.497 e. The summed E-state index contributed by atoms with van der Waals surface area (Å²) in [4.78, 5) is 7.56. The van der Waals surface area contributed by atoms with Gasteiger partial charge in [-0.05, 0) is 75.3 Å². The van der Waals surface area contributed by atoms with Crippen LogP contribution >= 0.6 is 0 Å². The summed E-state index contributed by atoms with van der Waals surface area (Å²) < 4.78 is 9.95. The molecule has 3 heterocycles. The minimum atomic E-state index is 0.882. The molecule has 0 atom stereocenters. The Bertz CT molecular complexity index is 1100. The van der Waals surface area contributed by atoms with Crippen molar-refractivity contribution in [2.24, 2.45) is 0 Å². The Labute approximate surface area is 171 Å². The topological polar surface area (TPSA) is 34.7 Å². The molecule has 4 aromatic rings. The fourth-order valence-electron chi connectivity index (χ4n) is 4.50. The summed E-state index contributed by atoms with van der Waals surface area (Å²) in [7, 11) is 1.71. The molecule has 2 aromatic carbocycles. The summed E-state index contributed by atoms with van der Waals surface area (Å²) in [6.07, 6.45) is 7.44. The van der Waals surface area contributed by atoms with Crippen LogP contribution in [0.15, 0.2) is 54.7 Å². The van der Waals surface area contributed by atoms with E-state index in [1.54, 1.807) is 7.11 Å². The second-order valence-corrected chi connectivity index (χ2v) is 7.92. The van der Waals surface area contributed by atoms with Crippen molar-refractivity contribution >= 4 is 16.8 Å². The van der Waals surface area contributed by atoms with Gasteiger partial charge in [-0.2, -0.15) is 0 Å². The lowest BCUT2D eigenvalue weighted by molar-refractivity contribution is 0.223. The molecule has 0 saturated carbocycles. The van der Waals surface area contributed by atoms with E-state index in [2.05, 4.69) is 56.5 Å². The van der Waals surface area contributed by atoms with Gasteiger partial charge in [0, 0.05) is 18.3 Å². The zero-order chi connectivity index (χ0) is 19.6. The fraction of sp³-hybridized carbons (Fsp3) is 0.375. The van der Waals surface area contributed by atoms with Gasteiger partial charge in [0.2, 0.25) is 5.78 Å². The van der Waals surface area contributed by atoms with Gasteiger partial charge in [-0.15, -0.1) is 0 Å². The molecule has 0 N–H and O–H groups in total. The number of imidazole rings is 2. The molecule has 0 radical (unpaired) electrons. The number of nitrogens with zero attached hydrogens (tertiary/aromatic N) is 4. The maximum absolute atomic E-state index is 5.34. The third-order valence-corrected chi connectivity index (χ3v) is 6.05. The molecule has 0 aliphatic carbocycles. The van der Waals surface area contributed by atoms with Gasteiger partial charge in [-0.3, -0.25) is 4.40 Å². The molecule has 0 spiro atoms. The largest absolute Gasteiger partial charge is 0.497 e. The van der Waals surface area contributed by atoms with Crippen LogP contribution in [0.25, 0.3) is 28.1 Å². The van der Waals surface area contributed by atoms with E-state index >= 15 is 0 Å². The van der Waals surface area contributed by atoms with Crippen LogP contribution in [-0.2, 0) is 6.54 Å². The summed E-state index contributed by atoms with van der Waals surface area (Å²) in [6.45, 7) is 4.63. The molecule has 2 aromatic heterocycles. The standard InChI is InChI=1S/C24H28N4O/c1-29-20-12-10-19(11-13-20)23-18-28-22-9-4-3-8-21(22)25-24(28)27(23)17-7-16-26-14-5-2-6-15-26/h3-4,8-13,18H,2,5-7,14-17H2,1H3. The summed E-state index contributed by atoms with van der Waals surface area (Å²) in [6, 6.07) is 16.7. The molecular formula is C24H28N4O. The predicted octanol–water partition coefficient (Wildman–Crippen LogP) is 4.84. The van der Waals surface area contributed by atoms with Gasteiger partial charge in [0.1, 0.15) is 5.75 Å². The number of aryl methyl sites for hydroxylation is 1. The van der Waals surface area contributed by atoms with Gasteiger partial charge in [0.15, 0.2) is 0 Å². The molecule has 5 nitrogen and oxygen atoms in total. The van der Waals surface area contributed by atoms with Crippen molar-refractivity contribution in [3.8, 4) is 17.0 Å². The number of aromatic nitrogens is 3. The number of methoxy groups -OCH3 is 1. The van der Waals surface area contributed by atoms with Crippen LogP contribution in [0, 0.1) is 0 Å². The number of piperidine rings is 1. The molecule has 5 heteroatoms. The average Bonchev–Trinajstić information content (AvgIpc) is 3.31. The molecule has 0 amide bonds. The number of rotatable bonds is 6. The Balaban J connectivity index is 1.50. The molecule has 0 unspecified atom stereocenters. The number of hydrogen-bond acceptors (Lipinski definition) is 3. The van der Waals surface area contributed by atoms with Crippen molar-refractivity contribution in [1.82, 2.24) is 18.9 Å². The zero-order valence-corrected chi connectivity index (χ0v) is 17.1. The Kier molecular flexibility index (Phi) is 4.98. The first-order valence-corrected chi connectivity index (χ1v) is 10.7. The van der Waals surface area contributed by atoms with E-state index in [4.69, 9.17) is 9.72 Å². The molecule has 1 fully saturated rings. The maximum Gasteiger partial charge on any atom is 0.215 e. The quantitative estimate of drug-likeness (QED) is 0.474. The highest BCUT2D eigenvalue weighted by atomic mass is 16.5. The highest BCUT2D eigenvalue weighted by Crippen LogP contribution is 2.28. The van der Waals surface area contributed by atoms with E-state index in [0.717, 1.165) is 42.1 Å². The Morgan fingerprint density at radius 2 is 1.72 bits per heavy atom. The van der Waals surface area contributed by atoms with E-state index in [9.17, 15) is 0 Å². The highest BCUT2D eigenvalue weighted by molar-refractivity contribution is 5.81. The van der Waals surface area contributed by atoms with Gasteiger partial charge < -0.3 is 14.2 Å². The van der Waals surface area contributed by atoms with E-state index < -0.39 is 0 Å². The fourth-order valence-corrected chi connectivity index (χ4v) is 4.50. The third-order valence-electron chi connectivity index (χ3n) is 6.05. The molecule has 1 aliphatic rings. The number of fused-ring (bicyclic) bond motifs is 3. The Hall–Kier alpha value is -2.79. The molecule has 1 saturated heterocycles. The van der Waals surface area contributed by atoms with Crippen LogP contribution in [0.3, 0.4) is 0 Å². The lowest BCUT2D eigenvalue weighted by Gasteiger charge is -2.26. The summed E-state index contributed by atoms with van der Waals surface area (Å²) in [5, 5.41) is 0. The SMILES string of the molecule is COc1ccc(-c2cn3c4ccccc4nc3n2CCCN2CCCCC2)cc1. The number of ether oxygens (including phenoxy) is 1. The lowest BCUT2D eigenvalue weighted by atomic mass is 10.1. The molecular weight excluding hydrogens is 360 g/mol. The smallest absolute Gasteiger partial charge is 0.215 e. The monoisotopic (exact) mass is 388 g/mol. The molecule has 150 valence electrons. The third kappa shape index (κ3) is 3.51. The van der Waals surface area contributed by atoms with Gasteiger partial charge in [0.25, 0.3) is 0 Å². The first kappa shape index (κ1) is 18.3. The number of likely N-dealkylation sites (tertiary alicyclic amines) is 1. The van der Waals surface area contributed by atoms with Gasteiger partial charge in [-0.25, -0.2) is 4.98 Å². The number of benzene rings is 2. The van der Waals surface area contributed by atoms with Crippen LogP contribution in [0.4, 0.5) is 0 Å². The first-order valence-electron chi connectivity index (χ1n) is 10.7. The van der Waals surface area contributed by atoms with Crippen LogP contribution in [0.1, 0.15) is 25.7 Å². The van der Waals surface area contributed by atoms with Gasteiger partial charge in [0.05, 0.1) is 23.8 Å². The molecule has 1 aliphatic heterocycles. The van der Waals surface area contributed by atoms with Crippen LogP contribution in [0.5, 0.6) is 5.75 Å². The van der Waals surface area contributed by atoms with Crippen molar-refractivity contribution in [3.05, 3.63) is 54.7 Å². The molecule has 29 heavy (non-hydrogen) atoms. The average molecular weight is 389 g/mol. The van der Waals surface area contributed by atoms with Crippen molar-refractivity contribution in [3.63, 3.8) is 0 Å². The van der Waals surface area contributed by atoms with Crippen LogP contribution < -0.4 is 4.74 Å². The predicted molar refractivity (Wildman–Crippen MR) is 118 cm³/mol. The normalized spacial score (nSPS) is 15.3. The van der Waals surface area contributed by atoms with Crippen molar-refractivity contribution in [1.29, 1.82) is 0 Å². The second kappa shape index (κ2) is 7.91. The number of hydrogen-bond donors (Lipinski definition) is 0. The summed E-state index contributed by atoms with van der Waals surface area (Å²) in [5.74, 6) is 1.91. The highest BCUT2D eigenvalue weighted by Gasteiger charge is 2.16. The Morgan fingerprint density at radius 1 is 0.931 bits per heavy atom. The van der Waals surface area contributed by atoms with Crippen molar-refractivity contribution in [2.75, 3.05) is 26.7 Å². The minimum absolute atomic E-state index is 0.882. The van der Waals surface area contributed by atoms with Crippen molar-refractivity contribution in [2.45, 2.75) is 32.2 Å². The van der Waals surface area contributed by atoms with E-state index in [0.29, 0.717) is 0 Å². The van der Waals surface area contributed by atoms with Gasteiger partial charge >= 0.3 is 0 Å². The summed E-state index contributed by atoms with van der Waals surface area (Å²) >= 11 is 0. The Morgan fingerprint density at radius 3 is 2.52 bits per heavy atom. The van der Waals surface area contributed by atoms with E-state index in [1.165, 1.54) is 43.6 Å². The van der Waals surface area contributed by atoms with Crippen LogP contribution in [0.2, 0.25) is 0 Å². The lowest BCUT2D eigenvalue weighted by Crippen LogP contribution is -2.31. The van der Waals surface area contributed by atoms with Crippen LogP contribution in [-0.4, -0.2) is 45.6 Å². The van der Waals surface area contributed by atoms with Gasteiger partial charge in [-0.1, -0.05) is 18.6 Å². The summed E-state index contributed by atoms with van der Waals surface area (Å²) in [5.41, 5.74) is 4.61. The second-order valence-electron chi connectivity index (χ2n) is 7.92. The van der Waals surface area contributed by atoms with E-state index in [1.807, 2.05) is 12.1 Å².